The third-order valence-electron chi connectivity index (χ3n) is 3.72. The van der Waals surface area contributed by atoms with Gasteiger partial charge in [-0.3, -0.25) is 0 Å². The standard InChI is InChI=1S/C14H21ClN2O/c1-17(10-14(18)6-2-3-7-14)13-5-4-11(9-16)8-12(13)15/h4-5,8,18H,2-3,6-7,9-10,16H2,1H3. The van der Waals surface area contributed by atoms with Crippen LogP contribution in [0.5, 0.6) is 0 Å². The molecule has 1 aliphatic carbocycles. The molecule has 1 fully saturated rings. The highest BCUT2D eigenvalue weighted by Crippen LogP contribution is 2.33. The van der Waals surface area contributed by atoms with Gasteiger partial charge in [-0.1, -0.05) is 30.5 Å². The highest BCUT2D eigenvalue weighted by molar-refractivity contribution is 6.33. The summed E-state index contributed by atoms with van der Waals surface area (Å²) >= 11 is 6.26. The largest absolute Gasteiger partial charge is 0.388 e. The lowest BCUT2D eigenvalue weighted by Crippen LogP contribution is -2.39. The number of halogens is 1. The second-order valence-corrected chi connectivity index (χ2v) is 5.68. The molecule has 0 saturated heterocycles. The molecule has 0 aliphatic heterocycles. The molecule has 0 radical (unpaired) electrons. The zero-order chi connectivity index (χ0) is 13.2. The first-order valence-corrected chi connectivity index (χ1v) is 6.84. The second kappa shape index (κ2) is 5.47. The molecule has 0 heterocycles. The summed E-state index contributed by atoms with van der Waals surface area (Å²) in [6, 6.07) is 5.85. The van der Waals surface area contributed by atoms with Crippen LogP contribution in [0.4, 0.5) is 5.69 Å². The maximum Gasteiger partial charge on any atom is 0.0821 e. The highest BCUT2D eigenvalue weighted by atomic mass is 35.5. The van der Waals surface area contributed by atoms with Crippen LogP contribution < -0.4 is 10.6 Å². The minimum Gasteiger partial charge on any atom is -0.388 e. The summed E-state index contributed by atoms with van der Waals surface area (Å²) in [5.74, 6) is 0. The average molecular weight is 269 g/mol. The number of rotatable bonds is 4. The van der Waals surface area contributed by atoms with Crippen LogP contribution in [0.15, 0.2) is 18.2 Å². The Morgan fingerprint density at radius 2 is 2.06 bits per heavy atom. The van der Waals surface area contributed by atoms with E-state index in [9.17, 15) is 5.11 Å². The van der Waals surface area contributed by atoms with E-state index < -0.39 is 5.60 Å². The Kier molecular flexibility index (Phi) is 4.15. The second-order valence-electron chi connectivity index (χ2n) is 5.28. The zero-order valence-corrected chi connectivity index (χ0v) is 11.6. The van der Waals surface area contributed by atoms with E-state index in [1.165, 1.54) is 0 Å². The number of nitrogens with two attached hydrogens (primary N) is 1. The summed E-state index contributed by atoms with van der Waals surface area (Å²) in [4.78, 5) is 2.04. The van der Waals surface area contributed by atoms with Crippen LogP contribution in [0.1, 0.15) is 31.2 Å². The smallest absolute Gasteiger partial charge is 0.0821 e. The van der Waals surface area contributed by atoms with Crippen LogP contribution in [0.2, 0.25) is 5.02 Å². The lowest BCUT2D eigenvalue weighted by molar-refractivity contribution is 0.0559. The van der Waals surface area contributed by atoms with E-state index in [2.05, 4.69) is 0 Å². The molecule has 0 atom stereocenters. The van der Waals surface area contributed by atoms with E-state index in [0.717, 1.165) is 36.9 Å². The van der Waals surface area contributed by atoms with Gasteiger partial charge in [0.1, 0.15) is 0 Å². The predicted octanol–water partition coefficient (Wildman–Crippen LogP) is 2.54. The molecular weight excluding hydrogens is 248 g/mol. The fourth-order valence-electron chi connectivity index (χ4n) is 2.70. The van der Waals surface area contributed by atoms with Gasteiger partial charge in [0.05, 0.1) is 16.3 Å². The van der Waals surface area contributed by atoms with Crippen LogP contribution in [0, 0.1) is 0 Å². The lowest BCUT2D eigenvalue weighted by atomic mass is 10.0. The quantitative estimate of drug-likeness (QED) is 0.882. The van der Waals surface area contributed by atoms with Gasteiger partial charge in [0, 0.05) is 20.1 Å². The monoisotopic (exact) mass is 268 g/mol. The van der Waals surface area contributed by atoms with E-state index in [0.29, 0.717) is 18.1 Å². The number of nitrogens with zero attached hydrogens (tertiary/aromatic N) is 1. The third-order valence-corrected chi connectivity index (χ3v) is 4.03. The van der Waals surface area contributed by atoms with Crippen molar-refractivity contribution in [3.8, 4) is 0 Å². The van der Waals surface area contributed by atoms with Crippen molar-refractivity contribution in [2.75, 3.05) is 18.5 Å². The Labute approximate surface area is 114 Å². The molecule has 0 bridgehead atoms. The van der Waals surface area contributed by atoms with Gasteiger partial charge in [0.2, 0.25) is 0 Å². The van der Waals surface area contributed by atoms with E-state index in [-0.39, 0.29) is 0 Å². The van der Waals surface area contributed by atoms with Gasteiger partial charge >= 0.3 is 0 Å². The van der Waals surface area contributed by atoms with Crippen molar-refractivity contribution in [1.29, 1.82) is 0 Å². The van der Waals surface area contributed by atoms with Gasteiger partial charge in [0.15, 0.2) is 0 Å². The first-order valence-electron chi connectivity index (χ1n) is 6.46. The molecular formula is C14H21ClN2O. The van der Waals surface area contributed by atoms with Crippen molar-refractivity contribution >= 4 is 17.3 Å². The molecule has 4 heteroatoms. The number of hydrogen-bond donors (Lipinski definition) is 2. The van der Waals surface area contributed by atoms with E-state index in [4.69, 9.17) is 17.3 Å². The van der Waals surface area contributed by atoms with Gasteiger partial charge in [-0.2, -0.15) is 0 Å². The summed E-state index contributed by atoms with van der Waals surface area (Å²) in [5, 5.41) is 11.1. The number of anilines is 1. The van der Waals surface area contributed by atoms with Crippen molar-refractivity contribution in [2.24, 2.45) is 5.73 Å². The molecule has 3 nitrogen and oxygen atoms in total. The topological polar surface area (TPSA) is 49.5 Å². The van der Waals surface area contributed by atoms with Crippen molar-refractivity contribution in [3.05, 3.63) is 28.8 Å². The fourth-order valence-corrected chi connectivity index (χ4v) is 3.05. The first kappa shape index (κ1) is 13.7. The van der Waals surface area contributed by atoms with Crippen molar-refractivity contribution < 1.29 is 5.11 Å². The van der Waals surface area contributed by atoms with E-state index in [1.54, 1.807) is 0 Å². The molecule has 1 aromatic rings. The number of aliphatic hydroxyl groups is 1. The van der Waals surface area contributed by atoms with Crippen molar-refractivity contribution in [2.45, 2.75) is 37.8 Å². The average Bonchev–Trinajstić information content (AvgIpc) is 2.75. The Balaban J connectivity index is 2.11. The molecule has 0 amide bonds. The summed E-state index contributed by atoms with van der Waals surface area (Å²) in [6.45, 7) is 1.13. The molecule has 3 N–H and O–H groups in total. The molecule has 2 rings (SSSR count). The number of hydrogen-bond acceptors (Lipinski definition) is 3. The van der Waals surface area contributed by atoms with Crippen LogP contribution >= 0.6 is 11.6 Å². The fraction of sp³-hybridized carbons (Fsp3) is 0.571. The molecule has 0 aromatic heterocycles. The number of likely N-dealkylation sites (N-methyl/N-ethyl adjacent to an activating group) is 1. The summed E-state index contributed by atoms with van der Waals surface area (Å²) < 4.78 is 0. The Morgan fingerprint density at radius 3 is 2.61 bits per heavy atom. The van der Waals surface area contributed by atoms with Crippen LogP contribution in [0.25, 0.3) is 0 Å². The molecule has 18 heavy (non-hydrogen) atoms. The Hall–Kier alpha value is -0.770. The van der Waals surface area contributed by atoms with Crippen LogP contribution in [-0.4, -0.2) is 24.3 Å². The highest BCUT2D eigenvalue weighted by Gasteiger charge is 2.32. The molecule has 0 unspecified atom stereocenters. The molecule has 1 aromatic carbocycles. The predicted molar refractivity (Wildman–Crippen MR) is 76.0 cm³/mol. The first-order chi connectivity index (χ1) is 8.54. The third kappa shape index (κ3) is 2.97. The Morgan fingerprint density at radius 1 is 1.39 bits per heavy atom. The van der Waals surface area contributed by atoms with Gasteiger partial charge in [-0.25, -0.2) is 0 Å². The normalized spacial score (nSPS) is 18.0. The number of benzene rings is 1. The lowest BCUT2D eigenvalue weighted by Gasteiger charge is -2.30. The summed E-state index contributed by atoms with van der Waals surface area (Å²) in [6.07, 6.45) is 4.00. The van der Waals surface area contributed by atoms with E-state index in [1.807, 2.05) is 30.1 Å². The maximum atomic E-state index is 10.4. The van der Waals surface area contributed by atoms with E-state index >= 15 is 0 Å². The Bertz CT molecular complexity index is 416. The zero-order valence-electron chi connectivity index (χ0n) is 10.8. The maximum absolute atomic E-state index is 10.4. The molecule has 1 saturated carbocycles. The summed E-state index contributed by atoms with van der Waals surface area (Å²) in [5.41, 5.74) is 7.01. The van der Waals surface area contributed by atoms with Gasteiger partial charge in [-0.05, 0) is 30.5 Å². The molecule has 100 valence electrons. The van der Waals surface area contributed by atoms with Crippen molar-refractivity contribution in [3.63, 3.8) is 0 Å². The van der Waals surface area contributed by atoms with Crippen molar-refractivity contribution in [1.82, 2.24) is 0 Å². The minimum absolute atomic E-state index is 0.494. The van der Waals surface area contributed by atoms with Gasteiger partial charge in [0.25, 0.3) is 0 Å². The SMILES string of the molecule is CN(CC1(O)CCCC1)c1ccc(CN)cc1Cl. The van der Waals surface area contributed by atoms with Gasteiger partial charge < -0.3 is 15.7 Å². The van der Waals surface area contributed by atoms with Crippen LogP contribution in [-0.2, 0) is 6.54 Å². The minimum atomic E-state index is -0.551. The van der Waals surface area contributed by atoms with Crippen LogP contribution in [0.3, 0.4) is 0 Å². The molecule has 0 spiro atoms. The molecule has 1 aliphatic rings. The van der Waals surface area contributed by atoms with Gasteiger partial charge in [-0.15, -0.1) is 0 Å². The summed E-state index contributed by atoms with van der Waals surface area (Å²) in [7, 11) is 1.97.